The number of nitrogens with zero attached hydrogens (tertiary/aromatic N) is 2. The number of fused-ring (bicyclic) bond motifs is 1. The Bertz CT molecular complexity index is 801. The number of carbonyl (C=O) groups is 1. The van der Waals surface area contributed by atoms with Gasteiger partial charge in [0.15, 0.2) is 11.5 Å². The lowest BCUT2D eigenvalue weighted by Gasteiger charge is -2.33. The third-order valence-electron chi connectivity index (χ3n) is 6.02. The van der Waals surface area contributed by atoms with E-state index in [9.17, 15) is 4.79 Å². The van der Waals surface area contributed by atoms with Crippen LogP contribution in [0, 0.1) is 5.92 Å². The van der Waals surface area contributed by atoms with Gasteiger partial charge in [-0.3, -0.25) is 4.79 Å². The van der Waals surface area contributed by atoms with E-state index in [4.69, 9.17) is 9.15 Å². The van der Waals surface area contributed by atoms with Gasteiger partial charge in [0, 0.05) is 31.2 Å². The zero-order valence-electron chi connectivity index (χ0n) is 15.2. The maximum atomic E-state index is 13.2. The lowest BCUT2D eigenvalue weighted by atomic mass is 9.85. The molecule has 5 rings (SSSR count). The average molecular weight is 354 g/mol. The van der Waals surface area contributed by atoms with Gasteiger partial charge >= 0.3 is 0 Å². The van der Waals surface area contributed by atoms with E-state index >= 15 is 0 Å². The van der Waals surface area contributed by atoms with Gasteiger partial charge in [-0.05, 0) is 62.6 Å². The Labute approximate surface area is 153 Å². The predicted octanol–water partition coefficient (Wildman–Crippen LogP) is 4.13. The molecule has 138 valence electrons. The summed E-state index contributed by atoms with van der Waals surface area (Å²) in [7, 11) is 0. The second kappa shape index (κ2) is 6.69. The number of aromatic nitrogens is 1. The smallest absolute Gasteiger partial charge is 0.254 e. The normalized spacial score (nSPS) is 23.3. The largest absolute Gasteiger partial charge is 0.440 e. The molecule has 1 atom stereocenters. The van der Waals surface area contributed by atoms with Gasteiger partial charge in [0.25, 0.3) is 5.91 Å². The molecular weight excluding hydrogens is 328 g/mol. The molecule has 0 bridgehead atoms. The van der Waals surface area contributed by atoms with Crippen molar-refractivity contribution in [2.24, 2.45) is 5.92 Å². The molecule has 26 heavy (non-hydrogen) atoms. The van der Waals surface area contributed by atoms with Gasteiger partial charge in [0.1, 0.15) is 5.52 Å². The molecule has 1 saturated heterocycles. The van der Waals surface area contributed by atoms with Crippen LogP contribution in [0.2, 0.25) is 0 Å². The second-order valence-electron chi connectivity index (χ2n) is 8.15. The number of benzene rings is 1. The highest BCUT2D eigenvalue weighted by Gasteiger charge is 2.30. The summed E-state index contributed by atoms with van der Waals surface area (Å²) in [6.45, 7) is 2.38. The Morgan fingerprint density at radius 3 is 2.69 bits per heavy atom. The number of ether oxygens (including phenoxy) is 1. The summed E-state index contributed by atoms with van der Waals surface area (Å²) >= 11 is 0. The summed E-state index contributed by atoms with van der Waals surface area (Å²) < 4.78 is 11.7. The standard InChI is InChI=1S/C21H26N2O3/c24-21(23(12-14-3-1-4-14)13-17-5-2-10-25-17)16-8-9-18-19(11-16)26-20(22-18)15-6-7-15/h8-9,11,14-15,17H,1-7,10,12-13H2. The Morgan fingerprint density at radius 1 is 1.12 bits per heavy atom. The molecule has 3 aliphatic rings. The molecule has 2 aliphatic carbocycles. The van der Waals surface area contributed by atoms with Crippen LogP contribution < -0.4 is 0 Å². The van der Waals surface area contributed by atoms with Crippen LogP contribution >= 0.6 is 0 Å². The van der Waals surface area contributed by atoms with Crippen molar-refractivity contribution < 1.29 is 13.9 Å². The van der Waals surface area contributed by atoms with Crippen LogP contribution in [0.15, 0.2) is 22.6 Å². The Hall–Kier alpha value is -1.88. The minimum absolute atomic E-state index is 0.0960. The van der Waals surface area contributed by atoms with E-state index in [0.29, 0.717) is 23.9 Å². The first-order chi connectivity index (χ1) is 12.8. The summed E-state index contributed by atoms with van der Waals surface area (Å²) in [5.74, 6) is 2.06. The number of oxazole rings is 1. The lowest BCUT2D eigenvalue weighted by Crippen LogP contribution is -2.41. The molecule has 0 N–H and O–H groups in total. The summed E-state index contributed by atoms with van der Waals surface area (Å²) in [5, 5.41) is 0. The minimum Gasteiger partial charge on any atom is -0.440 e. The second-order valence-corrected chi connectivity index (χ2v) is 8.15. The fourth-order valence-electron chi connectivity index (χ4n) is 4.02. The summed E-state index contributed by atoms with van der Waals surface area (Å²) in [6, 6.07) is 5.69. The molecule has 0 spiro atoms. The van der Waals surface area contributed by atoms with Crippen molar-refractivity contribution >= 4 is 17.0 Å². The Kier molecular flexibility index (Phi) is 4.20. The van der Waals surface area contributed by atoms with Crippen molar-refractivity contribution in [2.75, 3.05) is 19.7 Å². The van der Waals surface area contributed by atoms with E-state index in [0.717, 1.165) is 55.8 Å². The molecule has 2 aromatic rings. The van der Waals surface area contributed by atoms with E-state index in [1.54, 1.807) is 0 Å². The predicted molar refractivity (Wildman–Crippen MR) is 98.2 cm³/mol. The molecule has 3 fully saturated rings. The van der Waals surface area contributed by atoms with Gasteiger partial charge in [-0.2, -0.15) is 0 Å². The first-order valence-corrected chi connectivity index (χ1v) is 10.1. The third-order valence-corrected chi connectivity index (χ3v) is 6.02. The van der Waals surface area contributed by atoms with Crippen LogP contribution in [-0.4, -0.2) is 41.6 Å². The van der Waals surface area contributed by atoms with Gasteiger partial charge in [0.2, 0.25) is 0 Å². The first-order valence-electron chi connectivity index (χ1n) is 10.1. The summed E-state index contributed by atoms with van der Waals surface area (Å²) in [5.41, 5.74) is 2.29. The first kappa shape index (κ1) is 16.3. The number of amides is 1. The number of hydrogen-bond donors (Lipinski definition) is 0. The highest BCUT2D eigenvalue weighted by molar-refractivity contribution is 5.97. The van der Waals surface area contributed by atoms with Crippen LogP contribution in [0.3, 0.4) is 0 Å². The average Bonchev–Trinajstić information content (AvgIpc) is 3.17. The van der Waals surface area contributed by atoms with Crippen LogP contribution in [0.5, 0.6) is 0 Å². The van der Waals surface area contributed by atoms with E-state index in [-0.39, 0.29) is 12.0 Å². The van der Waals surface area contributed by atoms with Crippen LogP contribution in [0.25, 0.3) is 11.1 Å². The Morgan fingerprint density at radius 2 is 2.00 bits per heavy atom. The highest BCUT2D eigenvalue weighted by atomic mass is 16.5. The topological polar surface area (TPSA) is 55.6 Å². The molecule has 1 aromatic carbocycles. The summed E-state index contributed by atoms with van der Waals surface area (Å²) in [6.07, 6.45) is 8.44. The van der Waals surface area contributed by atoms with E-state index in [1.165, 1.54) is 19.3 Å². The van der Waals surface area contributed by atoms with Crippen LogP contribution in [-0.2, 0) is 4.74 Å². The van der Waals surface area contributed by atoms with Gasteiger partial charge in [-0.1, -0.05) is 6.42 Å². The maximum absolute atomic E-state index is 13.2. The number of carbonyl (C=O) groups excluding carboxylic acids is 1. The van der Waals surface area contributed by atoms with Crippen molar-refractivity contribution in [1.29, 1.82) is 0 Å². The number of hydrogen-bond acceptors (Lipinski definition) is 4. The van der Waals surface area contributed by atoms with E-state index in [2.05, 4.69) is 4.98 Å². The molecule has 1 aliphatic heterocycles. The van der Waals surface area contributed by atoms with Gasteiger partial charge in [-0.25, -0.2) is 4.98 Å². The number of rotatable bonds is 6. The molecule has 2 heterocycles. The van der Waals surface area contributed by atoms with E-state index in [1.807, 2.05) is 23.1 Å². The SMILES string of the molecule is O=C(c1ccc2nc(C3CC3)oc2c1)N(CC1CCC1)CC1CCCO1. The molecule has 1 unspecified atom stereocenters. The van der Waals surface area contributed by atoms with Gasteiger partial charge in [-0.15, -0.1) is 0 Å². The molecule has 2 saturated carbocycles. The monoisotopic (exact) mass is 354 g/mol. The van der Waals surface area contributed by atoms with E-state index < -0.39 is 0 Å². The molecular formula is C21H26N2O3. The quantitative estimate of drug-likeness (QED) is 0.783. The minimum atomic E-state index is 0.0960. The molecule has 5 nitrogen and oxygen atoms in total. The zero-order valence-corrected chi connectivity index (χ0v) is 15.2. The van der Waals surface area contributed by atoms with Crippen LogP contribution in [0.1, 0.15) is 67.1 Å². The Balaban J connectivity index is 1.37. The van der Waals surface area contributed by atoms with Crippen molar-refractivity contribution in [1.82, 2.24) is 9.88 Å². The van der Waals surface area contributed by atoms with Gasteiger partial charge < -0.3 is 14.1 Å². The van der Waals surface area contributed by atoms with Crippen molar-refractivity contribution in [3.63, 3.8) is 0 Å². The molecule has 1 amide bonds. The van der Waals surface area contributed by atoms with Gasteiger partial charge in [0.05, 0.1) is 6.10 Å². The van der Waals surface area contributed by atoms with Crippen LogP contribution in [0.4, 0.5) is 0 Å². The molecule has 5 heteroatoms. The zero-order chi connectivity index (χ0) is 17.5. The third kappa shape index (κ3) is 3.25. The van der Waals surface area contributed by atoms with Crippen molar-refractivity contribution in [3.8, 4) is 0 Å². The van der Waals surface area contributed by atoms with Crippen molar-refractivity contribution in [3.05, 3.63) is 29.7 Å². The maximum Gasteiger partial charge on any atom is 0.254 e. The molecule has 0 radical (unpaired) electrons. The summed E-state index contributed by atoms with van der Waals surface area (Å²) in [4.78, 5) is 19.8. The highest BCUT2D eigenvalue weighted by Crippen LogP contribution is 2.40. The van der Waals surface area contributed by atoms with Crippen molar-refractivity contribution in [2.45, 2.75) is 57.0 Å². The molecule has 1 aromatic heterocycles. The lowest BCUT2D eigenvalue weighted by molar-refractivity contribution is 0.0448. The fourth-order valence-corrected chi connectivity index (χ4v) is 4.02. The fraction of sp³-hybridized carbons (Fsp3) is 0.619.